The number of aliphatic hydroxyl groups is 1. The molecule has 5 rings (SSSR count). The van der Waals surface area contributed by atoms with Crippen LogP contribution in [0.5, 0.6) is 0 Å². The van der Waals surface area contributed by atoms with E-state index >= 15 is 0 Å². The smallest absolute Gasteiger partial charge is 0.155 e. The quantitative estimate of drug-likeness (QED) is 0.783. The summed E-state index contributed by atoms with van der Waals surface area (Å²) in [6.45, 7) is 2.21. The molecule has 2 fully saturated rings. The van der Waals surface area contributed by atoms with Gasteiger partial charge in [0.2, 0.25) is 0 Å². The van der Waals surface area contributed by atoms with E-state index in [2.05, 4.69) is 39.1 Å². The average molecular weight is 350 g/mol. The molecule has 0 radical (unpaired) electrons. The summed E-state index contributed by atoms with van der Waals surface area (Å²) in [5.41, 5.74) is 2.03. The molecule has 0 aliphatic carbocycles. The lowest BCUT2D eigenvalue weighted by atomic mass is 9.79. The molecule has 2 bridgehead atoms. The molecule has 0 saturated carbocycles. The predicted octanol–water partition coefficient (Wildman–Crippen LogP) is 1.98. The van der Waals surface area contributed by atoms with Crippen LogP contribution in [0.1, 0.15) is 24.1 Å². The van der Waals surface area contributed by atoms with Crippen molar-refractivity contribution in [3.63, 3.8) is 0 Å². The van der Waals surface area contributed by atoms with Crippen LogP contribution in [0.25, 0.3) is 5.65 Å². The summed E-state index contributed by atoms with van der Waals surface area (Å²) < 4.78 is 7.77. The second-order valence-corrected chi connectivity index (χ2v) is 7.39. The number of nitrogens with zero attached hydrogens (tertiary/aromatic N) is 4. The second-order valence-electron chi connectivity index (χ2n) is 7.39. The van der Waals surface area contributed by atoms with Crippen molar-refractivity contribution in [2.75, 3.05) is 13.2 Å². The van der Waals surface area contributed by atoms with Gasteiger partial charge in [0.05, 0.1) is 31.3 Å². The summed E-state index contributed by atoms with van der Waals surface area (Å²) in [4.78, 5) is 11.0. The van der Waals surface area contributed by atoms with Gasteiger partial charge in [-0.25, -0.2) is 4.98 Å². The molecule has 6 nitrogen and oxygen atoms in total. The number of rotatable bonds is 3. The lowest BCUT2D eigenvalue weighted by Gasteiger charge is -2.51. The Morgan fingerprint density at radius 3 is 2.65 bits per heavy atom. The Morgan fingerprint density at radius 2 is 1.88 bits per heavy atom. The van der Waals surface area contributed by atoms with Crippen molar-refractivity contribution in [2.24, 2.45) is 0 Å². The van der Waals surface area contributed by atoms with Gasteiger partial charge in [0.15, 0.2) is 5.65 Å². The van der Waals surface area contributed by atoms with E-state index in [1.165, 1.54) is 5.56 Å². The lowest BCUT2D eigenvalue weighted by Crippen LogP contribution is -2.60. The van der Waals surface area contributed by atoms with E-state index in [-0.39, 0.29) is 12.1 Å². The van der Waals surface area contributed by atoms with Gasteiger partial charge in [-0.3, -0.25) is 14.3 Å². The van der Waals surface area contributed by atoms with E-state index in [1.807, 2.05) is 16.7 Å². The van der Waals surface area contributed by atoms with Gasteiger partial charge in [-0.15, -0.1) is 0 Å². The maximum Gasteiger partial charge on any atom is 0.155 e. The van der Waals surface area contributed by atoms with Crippen LogP contribution in [0.3, 0.4) is 0 Å². The number of fused-ring (bicyclic) bond motifs is 3. The van der Waals surface area contributed by atoms with Crippen molar-refractivity contribution in [1.82, 2.24) is 19.3 Å². The van der Waals surface area contributed by atoms with Crippen molar-refractivity contribution in [2.45, 2.75) is 37.1 Å². The number of piperidine rings is 1. The molecule has 3 aromatic rings. The highest BCUT2D eigenvalue weighted by Crippen LogP contribution is 2.41. The van der Waals surface area contributed by atoms with Crippen LogP contribution in [-0.2, 0) is 16.9 Å². The van der Waals surface area contributed by atoms with Crippen LogP contribution in [0, 0.1) is 0 Å². The second kappa shape index (κ2) is 6.16. The van der Waals surface area contributed by atoms with Crippen LogP contribution in [0.15, 0.2) is 55.1 Å². The zero-order chi connectivity index (χ0) is 17.6. The predicted molar refractivity (Wildman–Crippen MR) is 96.5 cm³/mol. The van der Waals surface area contributed by atoms with Crippen LogP contribution in [0.4, 0.5) is 0 Å². The standard InChI is InChI=1S/C20H22N4O2/c25-20(18-10-22-19-11-21-6-7-23(18)19)8-16-13-26-14-17(9-20)24(16)12-15-4-2-1-3-5-15/h1-7,10-11,16-17,25H,8-9,12-14H2. The first-order valence-corrected chi connectivity index (χ1v) is 9.10. The van der Waals surface area contributed by atoms with E-state index in [4.69, 9.17) is 4.74 Å². The van der Waals surface area contributed by atoms with Gasteiger partial charge in [0, 0.05) is 31.0 Å². The van der Waals surface area contributed by atoms with Gasteiger partial charge in [0.1, 0.15) is 5.60 Å². The highest BCUT2D eigenvalue weighted by Gasteiger charge is 2.48. The largest absolute Gasteiger partial charge is 0.383 e. The molecule has 2 aliphatic rings. The van der Waals surface area contributed by atoms with Crippen molar-refractivity contribution >= 4 is 5.65 Å². The summed E-state index contributed by atoms with van der Waals surface area (Å²) in [7, 11) is 0. The molecule has 0 spiro atoms. The number of aromatic nitrogens is 3. The summed E-state index contributed by atoms with van der Waals surface area (Å²) in [6.07, 6.45) is 8.41. The third-order valence-corrected chi connectivity index (χ3v) is 5.71. The Morgan fingerprint density at radius 1 is 1.12 bits per heavy atom. The van der Waals surface area contributed by atoms with Gasteiger partial charge in [-0.1, -0.05) is 30.3 Å². The number of hydrogen-bond donors (Lipinski definition) is 1. The van der Waals surface area contributed by atoms with Gasteiger partial charge < -0.3 is 9.84 Å². The Bertz CT molecular complexity index is 896. The molecule has 2 saturated heterocycles. The zero-order valence-corrected chi connectivity index (χ0v) is 14.5. The van der Waals surface area contributed by atoms with Gasteiger partial charge in [-0.2, -0.15) is 0 Å². The summed E-state index contributed by atoms with van der Waals surface area (Å²) in [5, 5.41) is 11.6. The summed E-state index contributed by atoms with van der Waals surface area (Å²) in [6, 6.07) is 10.9. The van der Waals surface area contributed by atoms with E-state index in [0.29, 0.717) is 26.1 Å². The molecule has 4 heterocycles. The van der Waals surface area contributed by atoms with Gasteiger partial charge in [0.25, 0.3) is 0 Å². The lowest BCUT2D eigenvalue weighted by molar-refractivity contribution is -0.151. The molecular formula is C20H22N4O2. The average Bonchev–Trinajstić information content (AvgIpc) is 3.09. The van der Waals surface area contributed by atoms with Gasteiger partial charge in [-0.05, 0) is 18.4 Å². The zero-order valence-electron chi connectivity index (χ0n) is 14.5. The summed E-state index contributed by atoms with van der Waals surface area (Å²) >= 11 is 0. The Hall–Kier alpha value is -2.28. The molecule has 2 aliphatic heterocycles. The number of benzene rings is 1. The topological polar surface area (TPSA) is 62.9 Å². The Balaban J connectivity index is 1.46. The van der Waals surface area contributed by atoms with Crippen molar-refractivity contribution in [1.29, 1.82) is 0 Å². The van der Waals surface area contributed by atoms with E-state index < -0.39 is 5.60 Å². The molecule has 1 N–H and O–H groups in total. The third-order valence-electron chi connectivity index (χ3n) is 5.71. The number of morpholine rings is 1. The highest BCUT2D eigenvalue weighted by atomic mass is 16.5. The number of imidazole rings is 1. The molecule has 134 valence electrons. The van der Waals surface area contributed by atoms with Crippen LogP contribution >= 0.6 is 0 Å². The molecule has 26 heavy (non-hydrogen) atoms. The SMILES string of the molecule is OC1(c2cnc3cnccn23)CC2COCC(C1)N2Cc1ccccc1. The van der Waals surface area contributed by atoms with E-state index in [1.54, 1.807) is 18.6 Å². The van der Waals surface area contributed by atoms with Gasteiger partial charge >= 0.3 is 0 Å². The number of ether oxygens (including phenoxy) is 1. The summed E-state index contributed by atoms with van der Waals surface area (Å²) in [5.74, 6) is 0. The third kappa shape index (κ3) is 2.61. The first kappa shape index (κ1) is 15.9. The number of hydrogen-bond acceptors (Lipinski definition) is 5. The molecule has 1 aromatic carbocycles. The Labute approximate surface area is 152 Å². The monoisotopic (exact) mass is 350 g/mol. The Kier molecular flexibility index (Phi) is 3.77. The molecule has 2 aromatic heterocycles. The molecule has 2 unspecified atom stereocenters. The molecule has 0 amide bonds. The van der Waals surface area contributed by atoms with Crippen molar-refractivity contribution in [3.05, 3.63) is 66.4 Å². The maximum atomic E-state index is 11.6. The van der Waals surface area contributed by atoms with Crippen LogP contribution < -0.4 is 0 Å². The van der Waals surface area contributed by atoms with Crippen molar-refractivity contribution in [3.8, 4) is 0 Å². The molecular weight excluding hydrogens is 328 g/mol. The fourth-order valence-electron chi connectivity index (χ4n) is 4.49. The minimum Gasteiger partial charge on any atom is -0.383 e. The van der Waals surface area contributed by atoms with Crippen LogP contribution in [0.2, 0.25) is 0 Å². The fourth-order valence-corrected chi connectivity index (χ4v) is 4.49. The van der Waals surface area contributed by atoms with Crippen molar-refractivity contribution < 1.29 is 9.84 Å². The fraction of sp³-hybridized carbons (Fsp3) is 0.400. The molecule has 6 heteroatoms. The van der Waals surface area contributed by atoms with E-state index in [9.17, 15) is 5.11 Å². The highest BCUT2D eigenvalue weighted by molar-refractivity contribution is 5.39. The first-order valence-electron chi connectivity index (χ1n) is 9.10. The van der Waals surface area contributed by atoms with Crippen LogP contribution in [-0.4, -0.2) is 49.7 Å². The maximum absolute atomic E-state index is 11.6. The first-order chi connectivity index (χ1) is 12.7. The van der Waals surface area contributed by atoms with E-state index in [0.717, 1.165) is 17.9 Å². The minimum atomic E-state index is -0.896. The molecule has 2 atom stereocenters. The normalized spacial score (nSPS) is 29.1. The minimum absolute atomic E-state index is 0.195.